The largest absolute Gasteiger partial charge is 0.497 e. The van der Waals surface area contributed by atoms with Crippen LogP contribution in [-0.4, -0.2) is 27.0 Å². The molecule has 0 saturated carbocycles. The summed E-state index contributed by atoms with van der Waals surface area (Å²) in [4.78, 5) is 18.7. The number of fused-ring (bicyclic) bond motifs is 1. The van der Waals surface area contributed by atoms with Gasteiger partial charge in [-0.3, -0.25) is 9.97 Å². The third-order valence-corrected chi connectivity index (χ3v) is 5.44. The summed E-state index contributed by atoms with van der Waals surface area (Å²) in [6, 6.07) is 18.7. The number of ether oxygens (including phenoxy) is 1. The maximum absolute atomic E-state index is 5.53. The van der Waals surface area contributed by atoms with Gasteiger partial charge in [-0.05, 0) is 66.6 Å². The van der Waals surface area contributed by atoms with Crippen LogP contribution in [0.5, 0.6) is 5.75 Å². The smallest absolute Gasteiger partial charge is 0.126 e. The molecule has 0 bridgehead atoms. The predicted octanol–water partition coefficient (Wildman–Crippen LogP) is 5.68. The maximum Gasteiger partial charge on any atom is 0.126 e. The average Bonchev–Trinajstić information content (AvgIpc) is 3.35. The van der Waals surface area contributed by atoms with Crippen molar-refractivity contribution in [2.24, 2.45) is 0 Å². The lowest BCUT2D eigenvalue weighted by Gasteiger charge is -2.25. The molecule has 5 aromatic rings. The fourth-order valence-corrected chi connectivity index (χ4v) is 3.86. The van der Waals surface area contributed by atoms with E-state index in [9.17, 15) is 0 Å². The highest BCUT2D eigenvalue weighted by molar-refractivity contribution is 5.87. The molecule has 1 N–H and O–H groups in total. The van der Waals surface area contributed by atoms with Gasteiger partial charge >= 0.3 is 0 Å². The van der Waals surface area contributed by atoms with Gasteiger partial charge in [-0.15, -0.1) is 0 Å². The number of imidazole rings is 1. The van der Waals surface area contributed by atoms with Gasteiger partial charge in [0.15, 0.2) is 0 Å². The van der Waals surface area contributed by atoms with Crippen LogP contribution in [0.25, 0.3) is 22.0 Å². The Kier molecular flexibility index (Phi) is 5.25. The summed E-state index contributed by atoms with van der Waals surface area (Å²) in [5.41, 5.74) is 6.33. The van der Waals surface area contributed by atoms with Crippen molar-refractivity contribution in [2.45, 2.75) is 13.5 Å². The number of benzene rings is 2. The van der Waals surface area contributed by atoms with Crippen LogP contribution in [0.4, 0.5) is 11.4 Å². The van der Waals surface area contributed by atoms with Crippen molar-refractivity contribution in [3.05, 3.63) is 97.0 Å². The van der Waals surface area contributed by atoms with Crippen LogP contribution in [0.2, 0.25) is 0 Å². The summed E-state index contributed by atoms with van der Waals surface area (Å²) >= 11 is 0. The van der Waals surface area contributed by atoms with Gasteiger partial charge in [-0.25, -0.2) is 4.98 Å². The number of nitrogens with zero attached hydrogens (tertiary/aromatic N) is 4. The monoisotopic (exact) mass is 421 g/mol. The van der Waals surface area contributed by atoms with Crippen LogP contribution in [-0.2, 0) is 6.54 Å². The quantitative estimate of drug-likeness (QED) is 0.382. The first-order valence-electron chi connectivity index (χ1n) is 10.4. The number of aryl methyl sites for hydroxylation is 1. The van der Waals surface area contributed by atoms with E-state index >= 15 is 0 Å². The van der Waals surface area contributed by atoms with Crippen LogP contribution >= 0.6 is 0 Å². The second kappa shape index (κ2) is 8.51. The lowest BCUT2D eigenvalue weighted by Crippen LogP contribution is -2.17. The first-order chi connectivity index (χ1) is 15.7. The minimum absolute atomic E-state index is 0.600. The highest BCUT2D eigenvalue weighted by atomic mass is 16.5. The summed E-state index contributed by atoms with van der Waals surface area (Å²) in [6.45, 7) is 2.67. The molecule has 5 rings (SSSR count). The number of aromatic nitrogens is 4. The van der Waals surface area contributed by atoms with Crippen LogP contribution < -0.4 is 9.64 Å². The number of aromatic amines is 1. The molecule has 0 radical (unpaired) electrons. The van der Waals surface area contributed by atoms with E-state index in [0.29, 0.717) is 6.54 Å². The van der Waals surface area contributed by atoms with Gasteiger partial charge in [0, 0.05) is 59.4 Å². The van der Waals surface area contributed by atoms with Crippen LogP contribution in [0.1, 0.15) is 11.4 Å². The Morgan fingerprint density at radius 3 is 2.53 bits per heavy atom. The molecule has 3 aromatic heterocycles. The standard InChI is InChI=1S/C26H23N5O/c1-18-11-23(15-24(12-18)32-2)31(17-26-28-9-10-29-26)22-3-4-25-20(14-22)13-21(16-30-25)19-5-7-27-8-6-19/h3-16H,17H2,1-2H3,(H,28,29). The van der Waals surface area contributed by atoms with Gasteiger partial charge in [-0.1, -0.05) is 0 Å². The lowest BCUT2D eigenvalue weighted by molar-refractivity contribution is 0.414. The molecule has 0 unspecified atom stereocenters. The SMILES string of the molecule is COc1cc(C)cc(N(Cc2ncc[nH]2)c2ccc3ncc(-c4ccncc4)cc3c2)c1. The van der Waals surface area contributed by atoms with E-state index in [0.717, 1.165) is 50.5 Å². The molecule has 0 aliphatic carbocycles. The summed E-state index contributed by atoms with van der Waals surface area (Å²) in [5.74, 6) is 1.71. The van der Waals surface area contributed by atoms with Gasteiger partial charge in [0.25, 0.3) is 0 Å². The number of anilines is 2. The maximum atomic E-state index is 5.53. The predicted molar refractivity (Wildman–Crippen MR) is 127 cm³/mol. The number of methoxy groups -OCH3 is 1. The van der Waals surface area contributed by atoms with Gasteiger partial charge in [0.05, 0.1) is 19.2 Å². The first kappa shape index (κ1) is 19.8. The molecule has 2 aromatic carbocycles. The molecule has 0 spiro atoms. The minimum Gasteiger partial charge on any atom is -0.497 e. The summed E-state index contributed by atoms with van der Waals surface area (Å²) in [6.07, 6.45) is 9.12. The second-order valence-corrected chi connectivity index (χ2v) is 7.67. The molecule has 6 heteroatoms. The highest BCUT2D eigenvalue weighted by Crippen LogP contribution is 2.33. The van der Waals surface area contributed by atoms with Crippen molar-refractivity contribution < 1.29 is 4.74 Å². The Morgan fingerprint density at radius 2 is 1.75 bits per heavy atom. The number of nitrogens with one attached hydrogen (secondary N) is 1. The lowest BCUT2D eigenvalue weighted by atomic mass is 10.1. The molecule has 6 nitrogen and oxygen atoms in total. The van der Waals surface area contributed by atoms with E-state index in [1.807, 2.05) is 36.7 Å². The number of H-pyrrole nitrogens is 1. The minimum atomic E-state index is 0.600. The zero-order chi connectivity index (χ0) is 21.9. The number of rotatable bonds is 6. The third kappa shape index (κ3) is 4.03. The summed E-state index contributed by atoms with van der Waals surface area (Å²) in [5, 5.41) is 1.07. The Labute approximate surface area is 186 Å². The van der Waals surface area contributed by atoms with E-state index in [1.165, 1.54) is 0 Å². The number of pyridine rings is 2. The Balaban J connectivity index is 1.61. The number of hydrogen-bond acceptors (Lipinski definition) is 5. The van der Waals surface area contributed by atoms with E-state index < -0.39 is 0 Å². The molecule has 3 heterocycles. The summed E-state index contributed by atoms with van der Waals surface area (Å²) < 4.78 is 5.53. The van der Waals surface area contributed by atoms with Gasteiger partial charge < -0.3 is 14.6 Å². The molecular formula is C26H23N5O. The number of hydrogen-bond donors (Lipinski definition) is 1. The van der Waals surface area contributed by atoms with Crippen molar-refractivity contribution in [1.82, 2.24) is 19.9 Å². The molecule has 0 saturated heterocycles. The zero-order valence-corrected chi connectivity index (χ0v) is 18.0. The molecular weight excluding hydrogens is 398 g/mol. The molecule has 0 fully saturated rings. The first-order valence-corrected chi connectivity index (χ1v) is 10.4. The Bertz CT molecular complexity index is 1350. The van der Waals surface area contributed by atoms with E-state index in [4.69, 9.17) is 4.74 Å². The fourth-order valence-electron chi connectivity index (χ4n) is 3.86. The van der Waals surface area contributed by atoms with Crippen molar-refractivity contribution in [2.75, 3.05) is 12.0 Å². The normalized spacial score (nSPS) is 10.9. The van der Waals surface area contributed by atoms with E-state index in [-0.39, 0.29) is 0 Å². The molecule has 0 atom stereocenters. The zero-order valence-electron chi connectivity index (χ0n) is 18.0. The van der Waals surface area contributed by atoms with E-state index in [1.54, 1.807) is 25.7 Å². The van der Waals surface area contributed by atoms with Crippen LogP contribution in [0.15, 0.2) is 85.6 Å². The van der Waals surface area contributed by atoms with Crippen molar-refractivity contribution in [3.8, 4) is 16.9 Å². The molecule has 0 aliphatic heterocycles. The second-order valence-electron chi connectivity index (χ2n) is 7.67. The van der Waals surface area contributed by atoms with Crippen LogP contribution in [0.3, 0.4) is 0 Å². The van der Waals surface area contributed by atoms with Crippen molar-refractivity contribution in [1.29, 1.82) is 0 Å². The van der Waals surface area contributed by atoms with Crippen molar-refractivity contribution >= 4 is 22.3 Å². The van der Waals surface area contributed by atoms with Gasteiger partial charge in [0.2, 0.25) is 0 Å². The molecule has 0 aliphatic rings. The Hall–Kier alpha value is -4.19. The molecule has 158 valence electrons. The summed E-state index contributed by atoms with van der Waals surface area (Å²) in [7, 11) is 1.69. The van der Waals surface area contributed by atoms with Crippen molar-refractivity contribution in [3.63, 3.8) is 0 Å². The van der Waals surface area contributed by atoms with E-state index in [2.05, 4.69) is 62.1 Å². The highest BCUT2D eigenvalue weighted by Gasteiger charge is 2.14. The molecule has 0 amide bonds. The van der Waals surface area contributed by atoms with Crippen LogP contribution in [0, 0.1) is 6.92 Å². The van der Waals surface area contributed by atoms with Gasteiger partial charge in [-0.2, -0.15) is 0 Å². The topological polar surface area (TPSA) is 66.9 Å². The third-order valence-electron chi connectivity index (χ3n) is 5.44. The average molecular weight is 422 g/mol. The van der Waals surface area contributed by atoms with Gasteiger partial charge in [0.1, 0.15) is 11.6 Å². The fraction of sp³-hybridized carbons (Fsp3) is 0.115. The Morgan fingerprint density at radius 1 is 0.875 bits per heavy atom. The molecule has 32 heavy (non-hydrogen) atoms.